The molecule has 0 aliphatic heterocycles. The van der Waals surface area contributed by atoms with E-state index in [4.69, 9.17) is 5.73 Å². The quantitative estimate of drug-likeness (QED) is 0.774. The minimum absolute atomic E-state index is 0.253. The third-order valence-electron chi connectivity index (χ3n) is 3.83. The Labute approximate surface area is 123 Å². The Balaban J connectivity index is 1.97. The molecule has 0 aliphatic carbocycles. The summed E-state index contributed by atoms with van der Waals surface area (Å²) >= 11 is 0. The third kappa shape index (κ3) is 2.36. The van der Waals surface area contributed by atoms with E-state index >= 15 is 0 Å². The van der Waals surface area contributed by atoms with E-state index in [9.17, 15) is 0 Å². The summed E-state index contributed by atoms with van der Waals surface area (Å²) < 4.78 is 1.88. The fraction of sp³-hybridized carbons (Fsp3) is 0.250. The molecule has 3 aromatic rings. The van der Waals surface area contributed by atoms with Gasteiger partial charge in [0.05, 0.1) is 23.6 Å². The van der Waals surface area contributed by atoms with Crippen molar-refractivity contribution in [1.82, 2.24) is 19.7 Å². The Hall–Kier alpha value is -2.40. The lowest BCUT2D eigenvalue weighted by molar-refractivity contribution is 0.731. The van der Waals surface area contributed by atoms with E-state index in [0.29, 0.717) is 0 Å². The van der Waals surface area contributed by atoms with E-state index in [1.165, 1.54) is 0 Å². The maximum absolute atomic E-state index is 6.27. The van der Waals surface area contributed by atoms with Crippen molar-refractivity contribution in [1.29, 1.82) is 0 Å². The number of nitrogens with two attached hydrogens (primary N) is 1. The lowest BCUT2D eigenvalue weighted by atomic mass is 10.1. The average Bonchev–Trinajstić information content (AvgIpc) is 3.05. The Morgan fingerprint density at radius 3 is 2.52 bits per heavy atom. The van der Waals surface area contributed by atoms with E-state index in [-0.39, 0.29) is 6.04 Å². The second kappa shape index (κ2) is 5.18. The highest BCUT2D eigenvalue weighted by atomic mass is 15.3. The molecule has 2 heterocycles. The van der Waals surface area contributed by atoms with Crippen LogP contribution >= 0.6 is 0 Å². The lowest BCUT2D eigenvalue weighted by Gasteiger charge is -2.08. The van der Waals surface area contributed by atoms with Gasteiger partial charge >= 0.3 is 0 Å². The monoisotopic (exact) mass is 281 g/mol. The van der Waals surface area contributed by atoms with Crippen molar-refractivity contribution < 1.29 is 0 Å². The highest BCUT2D eigenvalue weighted by Gasteiger charge is 2.17. The fourth-order valence-corrected chi connectivity index (χ4v) is 2.60. The first-order chi connectivity index (χ1) is 10.1. The van der Waals surface area contributed by atoms with Gasteiger partial charge in [0.25, 0.3) is 0 Å². The van der Waals surface area contributed by atoms with Crippen LogP contribution < -0.4 is 5.73 Å². The van der Waals surface area contributed by atoms with Crippen LogP contribution in [0.5, 0.6) is 0 Å². The standard InChI is InChI=1S/C16H19N5/c1-10-14(11(2)21(3)20-10)13-9-18-16(19-13)15(17)12-7-5-4-6-8-12/h4-9,15H,17H2,1-3H3,(H,18,19). The number of imidazole rings is 1. The zero-order chi connectivity index (χ0) is 15.0. The van der Waals surface area contributed by atoms with Crippen molar-refractivity contribution in [2.45, 2.75) is 19.9 Å². The second-order valence-corrected chi connectivity index (χ2v) is 5.24. The summed E-state index contributed by atoms with van der Waals surface area (Å²) in [6, 6.07) is 9.70. The van der Waals surface area contributed by atoms with Crippen molar-refractivity contribution in [3.63, 3.8) is 0 Å². The number of H-pyrrole nitrogens is 1. The molecule has 0 aliphatic rings. The summed E-state index contributed by atoms with van der Waals surface area (Å²) in [5.41, 5.74) is 11.5. The molecule has 0 saturated heterocycles. The van der Waals surface area contributed by atoms with Crippen molar-refractivity contribution in [3.8, 4) is 11.3 Å². The van der Waals surface area contributed by atoms with Crippen LogP contribution in [0, 0.1) is 13.8 Å². The van der Waals surface area contributed by atoms with Crippen LogP contribution in [0.3, 0.4) is 0 Å². The van der Waals surface area contributed by atoms with Crippen molar-refractivity contribution in [2.75, 3.05) is 0 Å². The lowest BCUT2D eigenvalue weighted by Crippen LogP contribution is -2.13. The SMILES string of the molecule is Cc1nn(C)c(C)c1-c1cnc(C(N)c2ccccc2)[nH]1. The van der Waals surface area contributed by atoms with Gasteiger partial charge in [-0.25, -0.2) is 4.98 Å². The second-order valence-electron chi connectivity index (χ2n) is 5.24. The highest BCUT2D eigenvalue weighted by molar-refractivity contribution is 5.64. The maximum Gasteiger partial charge on any atom is 0.128 e. The number of nitrogens with zero attached hydrogens (tertiary/aromatic N) is 3. The van der Waals surface area contributed by atoms with Crippen LogP contribution in [0.15, 0.2) is 36.5 Å². The predicted molar refractivity (Wildman–Crippen MR) is 82.7 cm³/mol. The van der Waals surface area contributed by atoms with E-state index < -0.39 is 0 Å². The predicted octanol–water partition coefficient (Wildman–Crippen LogP) is 2.48. The molecule has 5 heteroatoms. The number of hydrogen-bond donors (Lipinski definition) is 2. The van der Waals surface area contributed by atoms with E-state index in [2.05, 4.69) is 15.1 Å². The number of nitrogens with one attached hydrogen (secondary N) is 1. The normalized spacial score (nSPS) is 12.6. The van der Waals surface area contributed by atoms with Crippen LogP contribution in [-0.2, 0) is 7.05 Å². The number of aromatic nitrogens is 4. The van der Waals surface area contributed by atoms with Crippen molar-refractivity contribution in [3.05, 3.63) is 59.3 Å². The molecule has 0 radical (unpaired) electrons. The summed E-state index contributed by atoms with van der Waals surface area (Å²) in [7, 11) is 1.94. The number of hydrogen-bond acceptors (Lipinski definition) is 3. The smallest absolute Gasteiger partial charge is 0.128 e. The van der Waals surface area contributed by atoms with Gasteiger partial charge in [-0.3, -0.25) is 4.68 Å². The highest BCUT2D eigenvalue weighted by Crippen LogP contribution is 2.26. The van der Waals surface area contributed by atoms with Gasteiger partial charge in [-0.2, -0.15) is 5.10 Å². The van der Waals surface area contributed by atoms with Gasteiger partial charge < -0.3 is 10.7 Å². The Kier molecular flexibility index (Phi) is 3.35. The van der Waals surface area contributed by atoms with Crippen LogP contribution in [0.25, 0.3) is 11.3 Å². The van der Waals surface area contributed by atoms with Gasteiger partial charge in [0.15, 0.2) is 0 Å². The van der Waals surface area contributed by atoms with Gasteiger partial charge in [0.2, 0.25) is 0 Å². The molecular formula is C16H19N5. The number of aromatic amines is 1. The Morgan fingerprint density at radius 1 is 1.19 bits per heavy atom. The molecule has 0 spiro atoms. The molecule has 3 rings (SSSR count). The largest absolute Gasteiger partial charge is 0.340 e. The van der Waals surface area contributed by atoms with E-state index in [0.717, 1.165) is 34.0 Å². The fourth-order valence-electron chi connectivity index (χ4n) is 2.60. The molecule has 1 atom stereocenters. The van der Waals surface area contributed by atoms with Crippen LogP contribution in [0.1, 0.15) is 28.8 Å². The number of aryl methyl sites for hydroxylation is 2. The molecular weight excluding hydrogens is 262 g/mol. The van der Waals surface area contributed by atoms with Crippen molar-refractivity contribution in [2.24, 2.45) is 12.8 Å². The van der Waals surface area contributed by atoms with Crippen LogP contribution in [-0.4, -0.2) is 19.7 Å². The zero-order valence-corrected chi connectivity index (χ0v) is 12.5. The van der Waals surface area contributed by atoms with Gasteiger partial charge in [-0.1, -0.05) is 30.3 Å². The zero-order valence-electron chi connectivity index (χ0n) is 12.5. The molecule has 2 aromatic heterocycles. The van der Waals surface area contributed by atoms with Gasteiger partial charge in [-0.05, 0) is 19.4 Å². The summed E-state index contributed by atoms with van der Waals surface area (Å²) in [5, 5.41) is 4.44. The van der Waals surface area contributed by atoms with Crippen LogP contribution in [0.4, 0.5) is 0 Å². The van der Waals surface area contributed by atoms with E-state index in [1.54, 1.807) is 0 Å². The molecule has 108 valence electrons. The molecule has 5 nitrogen and oxygen atoms in total. The van der Waals surface area contributed by atoms with Crippen LogP contribution in [0.2, 0.25) is 0 Å². The molecule has 1 aromatic carbocycles. The number of benzene rings is 1. The molecule has 1 unspecified atom stereocenters. The first kappa shape index (κ1) is 13.6. The van der Waals surface area contributed by atoms with Crippen molar-refractivity contribution >= 4 is 0 Å². The summed E-state index contributed by atoms with van der Waals surface area (Å²) in [5.74, 6) is 0.763. The first-order valence-corrected chi connectivity index (χ1v) is 6.94. The topological polar surface area (TPSA) is 72.5 Å². The molecule has 0 bridgehead atoms. The summed E-state index contributed by atoms with van der Waals surface area (Å²) in [4.78, 5) is 7.78. The minimum atomic E-state index is -0.253. The van der Waals surface area contributed by atoms with Gasteiger partial charge in [0, 0.05) is 18.3 Å². The molecule has 0 amide bonds. The third-order valence-corrected chi connectivity index (χ3v) is 3.83. The molecule has 0 fully saturated rings. The maximum atomic E-state index is 6.27. The number of rotatable bonds is 3. The minimum Gasteiger partial charge on any atom is -0.340 e. The van der Waals surface area contributed by atoms with E-state index in [1.807, 2.05) is 62.1 Å². The summed E-state index contributed by atoms with van der Waals surface area (Å²) in [6.07, 6.45) is 1.83. The van der Waals surface area contributed by atoms with Gasteiger partial charge in [0.1, 0.15) is 5.82 Å². The Bertz CT molecular complexity index is 754. The first-order valence-electron chi connectivity index (χ1n) is 6.94. The molecule has 21 heavy (non-hydrogen) atoms. The van der Waals surface area contributed by atoms with Gasteiger partial charge in [-0.15, -0.1) is 0 Å². The molecule has 0 saturated carbocycles. The molecule has 3 N–H and O–H groups in total. The Morgan fingerprint density at radius 2 is 1.90 bits per heavy atom. The summed E-state index contributed by atoms with van der Waals surface area (Å²) in [6.45, 7) is 4.05. The average molecular weight is 281 g/mol.